The van der Waals surface area contributed by atoms with Crippen molar-refractivity contribution in [3.05, 3.63) is 23.8 Å². The van der Waals surface area contributed by atoms with Gasteiger partial charge in [-0.2, -0.15) is 0 Å². The smallest absolute Gasteiger partial charge is 0.242 e. The van der Waals surface area contributed by atoms with Crippen molar-refractivity contribution < 1.29 is 14.3 Å². The van der Waals surface area contributed by atoms with E-state index in [0.717, 1.165) is 49.5 Å². The van der Waals surface area contributed by atoms with Crippen LogP contribution in [-0.4, -0.2) is 54.3 Å². The molecule has 0 atom stereocenters. The van der Waals surface area contributed by atoms with Gasteiger partial charge in [0.25, 0.3) is 0 Å². The summed E-state index contributed by atoms with van der Waals surface area (Å²) >= 11 is 1.56. The molecule has 0 N–H and O–H groups in total. The molecule has 1 aromatic rings. The summed E-state index contributed by atoms with van der Waals surface area (Å²) in [6, 6.07) is 6.03. The van der Waals surface area contributed by atoms with Crippen LogP contribution < -0.4 is 4.90 Å². The van der Waals surface area contributed by atoms with Crippen molar-refractivity contribution in [2.24, 2.45) is 0 Å². The van der Waals surface area contributed by atoms with E-state index in [1.54, 1.807) is 16.7 Å². The SMILES string of the molecule is Cc1ccc2c(c1)SCC(=O)N2CC(=O)N1CCC2(CCO2)CC1. The molecule has 2 fully saturated rings. The number of carbonyl (C=O) groups is 2. The van der Waals surface area contributed by atoms with Crippen LogP contribution in [0.25, 0.3) is 0 Å². The second kappa shape index (κ2) is 6.08. The first kappa shape index (κ1) is 16.0. The van der Waals surface area contributed by atoms with Gasteiger partial charge in [-0.1, -0.05) is 6.07 Å². The molecule has 24 heavy (non-hydrogen) atoms. The summed E-state index contributed by atoms with van der Waals surface area (Å²) in [6.45, 7) is 4.50. The Morgan fingerprint density at radius 2 is 2.04 bits per heavy atom. The van der Waals surface area contributed by atoms with Crippen molar-refractivity contribution >= 4 is 29.3 Å². The normalized spacial score (nSPS) is 22.3. The van der Waals surface area contributed by atoms with Gasteiger partial charge in [0, 0.05) is 18.0 Å². The highest BCUT2D eigenvalue weighted by Gasteiger charge is 2.42. The molecule has 0 bridgehead atoms. The van der Waals surface area contributed by atoms with Crippen LogP contribution in [0.1, 0.15) is 24.8 Å². The van der Waals surface area contributed by atoms with E-state index in [1.807, 2.05) is 24.0 Å². The summed E-state index contributed by atoms with van der Waals surface area (Å²) < 4.78 is 5.71. The van der Waals surface area contributed by atoms with Crippen LogP contribution in [0.2, 0.25) is 0 Å². The number of benzene rings is 1. The van der Waals surface area contributed by atoms with Gasteiger partial charge in [0.05, 0.1) is 23.6 Å². The minimum Gasteiger partial charge on any atom is -0.375 e. The Bertz CT molecular complexity index is 677. The first-order valence-electron chi connectivity index (χ1n) is 8.52. The number of fused-ring (bicyclic) bond motifs is 1. The Morgan fingerprint density at radius 3 is 2.71 bits per heavy atom. The lowest BCUT2D eigenvalue weighted by atomic mass is 9.84. The number of hydrogen-bond acceptors (Lipinski definition) is 4. The molecule has 2 amide bonds. The van der Waals surface area contributed by atoms with Crippen molar-refractivity contribution in [2.75, 3.05) is 36.9 Å². The lowest BCUT2D eigenvalue weighted by molar-refractivity contribution is -0.176. The predicted octanol–water partition coefficient (Wildman–Crippen LogP) is 2.22. The molecule has 0 unspecified atom stereocenters. The fraction of sp³-hybridized carbons (Fsp3) is 0.556. The van der Waals surface area contributed by atoms with Crippen molar-refractivity contribution in [3.63, 3.8) is 0 Å². The number of ether oxygens (including phenoxy) is 1. The van der Waals surface area contributed by atoms with Crippen molar-refractivity contribution in [3.8, 4) is 0 Å². The molecule has 128 valence electrons. The molecule has 3 aliphatic heterocycles. The van der Waals surface area contributed by atoms with Gasteiger partial charge in [-0.15, -0.1) is 11.8 Å². The van der Waals surface area contributed by atoms with Gasteiger partial charge in [0.1, 0.15) is 6.54 Å². The van der Waals surface area contributed by atoms with Crippen LogP contribution in [0, 0.1) is 6.92 Å². The van der Waals surface area contributed by atoms with Gasteiger partial charge >= 0.3 is 0 Å². The number of thioether (sulfide) groups is 1. The molecule has 1 aromatic carbocycles. The minimum absolute atomic E-state index is 0.0144. The Hall–Kier alpha value is -1.53. The number of nitrogens with zero attached hydrogens (tertiary/aromatic N) is 2. The largest absolute Gasteiger partial charge is 0.375 e. The fourth-order valence-corrected chi connectivity index (χ4v) is 4.70. The maximum atomic E-state index is 12.7. The molecular formula is C18H22N2O3S. The summed E-state index contributed by atoms with van der Waals surface area (Å²) in [7, 11) is 0. The predicted molar refractivity (Wildman–Crippen MR) is 93.4 cm³/mol. The van der Waals surface area contributed by atoms with Crippen LogP contribution in [0.5, 0.6) is 0 Å². The van der Waals surface area contributed by atoms with Crippen molar-refractivity contribution in [2.45, 2.75) is 36.7 Å². The average Bonchev–Trinajstić information content (AvgIpc) is 2.56. The molecule has 3 heterocycles. The van der Waals surface area contributed by atoms with Gasteiger partial charge in [-0.3, -0.25) is 9.59 Å². The third kappa shape index (κ3) is 2.82. The molecule has 6 heteroatoms. The highest BCUT2D eigenvalue weighted by Crippen LogP contribution is 2.38. The standard InChI is InChI=1S/C18H22N2O3S/c1-13-2-3-14-15(10-13)24-12-17(22)20(14)11-16(21)19-7-4-18(5-8-19)6-9-23-18/h2-3,10H,4-9,11-12H2,1H3. The molecular weight excluding hydrogens is 324 g/mol. The maximum absolute atomic E-state index is 12.7. The zero-order valence-electron chi connectivity index (χ0n) is 13.9. The number of likely N-dealkylation sites (tertiary alicyclic amines) is 1. The van der Waals surface area contributed by atoms with Crippen molar-refractivity contribution in [1.82, 2.24) is 4.90 Å². The average molecular weight is 346 g/mol. The number of aryl methyl sites for hydroxylation is 1. The molecule has 4 rings (SSSR count). The van der Waals surface area contributed by atoms with Crippen LogP contribution >= 0.6 is 11.8 Å². The molecule has 0 saturated carbocycles. The van der Waals surface area contributed by atoms with Crippen molar-refractivity contribution in [1.29, 1.82) is 0 Å². The lowest BCUT2D eigenvalue weighted by Gasteiger charge is -2.47. The lowest BCUT2D eigenvalue weighted by Crippen LogP contribution is -2.55. The van der Waals surface area contributed by atoms with Crippen LogP contribution in [0.3, 0.4) is 0 Å². The number of carbonyl (C=O) groups excluding carboxylic acids is 2. The molecule has 0 radical (unpaired) electrons. The van der Waals surface area contributed by atoms with Crippen LogP contribution in [-0.2, 0) is 14.3 Å². The number of piperidine rings is 1. The third-order valence-corrected chi connectivity index (χ3v) is 6.37. The van der Waals surface area contributed by atoms with E-state index in [9.17, 15) is 9.59 Å². The molecule has 3 aliphatic rings. The zero-order chi connectivity index (χ0) is 16.7. The number of anilines is 1. The topological polar surface area (TPSA) is 49.9 Å². The highest BCUT2D eigenvalue weighted by atomic mass is 32.2. The summed E-state index contributed by atoms with van der Waals surface area (Å²) in [5.74, 6) is 0.456. The van der Waals surface area contributed by atoms with Crippen LogP contribution in [0.4, 0.5) is 5.69 Å². The van der Waals surface area contributed by atoms with E-state index in [1.165, 1.54) is 5.56 Å². The fourth-order valence-electron chi connectivity index (χ4n) is 3.67. The molecule has 2 saturated heterocycles. The third-order valence-electron chi connectivity index (χ3n) is 5.34. The van der Waals surface area contributed by atoms with Gasteiger partial charge in [-0.05, 0) is 43.9 Å². The highest BCUT2D eigenvalue weighted by molar-refractivity contribution is 8.00. The molecule has 1 spiro atoms. The van der Waals surface area contributed by atoms with Gasteiger partial charge < -0.3 is 14.5 Å². The summed E-state index contributed by atoms with van der Waals surface area (Å²) in [5, 5.41) is 0. The van der Waals surface area contributed by atoms with E-state index >= 15 is 0 Å². The first-order valence-corrected chi connectivity index (χ1v) is 9.50. The summed E-state index contributed by atoms with van der Waals surface area (Å²) in [5.41, 5.74) is 2.08. The summed E-state index contributed by atoms with van der Waals surface area (Å²) in [4.78, 5) is 29.6. The Labute approximate surface area is 146 Å². The summed E-state index contributed by atoms with van der Waals surface area (Å²) in [6.07, 6.45) is 2.94. The van der Waals surface area contributed by atoms with Crippen LogP contribution in [0.15, 0.2) is 23.1 Å². The number of hydrogen-bond donors (Lipinski definition) is 0. The molecule has 0 aromatic heterocycles. The Morgan fingerprint density at radius 1 is 1.29 bits per heavy atom. The second-order valence-electron chi connectivity index (χ2n) is 6.90. The number of amides is 2. The van der Waals surface area contributed by atoms with E-state index in [4.69, 9.17) is 4.74 Å². The molecule has 0 aliphatic carbocycles. The monoisotopic (exact) mass is 346 g/mol. The van der Waals surface area contributed by atoms with Gasteiger partial charge in [0.15, 0.2) is 0 Å². The quantitative estimate of drug-likeness (QED) is 0.824. The number of rotatable bonds is 2. The Kier molecular flexibility index (Phi) is 4.04. The van der Waals surface area contributed by atoms with E-state index in [-0.39, 0.29) is 24.0 Å². The molecule has 5 nitrogen and oxygen atoms in total. The Balaban J connectivity index is 1.45. The first-order chi connectivity index (χ1) is 11.6. The van der Waals surface area contributed by atoms with E-state index in [2.05, 4.69) is 6.07 Å². The van der Waals surface area contributed by atoms with E-state index < -0.39 is 0 Å². The second-order valence-corrected chi connectivity index (χ2v) is 7.92. The van der Waals surface area contributed by atoms with Gasteiger partial charge in [-0.25, -0.2) is 0 Å². The zero-order valence-corrected chi connectivity index (χ0v) is 14.7. The minimum atomic E-state index is 0.0144. The maximum Gasteiger partial charge on any atom is 0.242 e. The van der Waals surface area contributed by atoms with E-state index in [0.29, 0.717) is 5.75 Å². The van der Waals surface area contributed by atoms with Gasteiger partial charge in [0.2, 0.25) is 11.8 Å².